The molecule has 0 nitrogen and oxygen atoms in total. The minimum atomic E-state index is 0.218. The molecule has 0 aromatic rings. The SMILES string of the molecule is CC=CC(C)(C)C(C)C(C)Cl. The molecule has 0 aromatic carbocycles. The number of alkyl halides is 1. The molecule has 0 bridgehead atoms. The largest absolute Gasteiger partial charge is 0.123 e. The van der Waals surface area contributed by atoms with E-state index >= 15 is 0 Å². The summed E-state index contributed by atoms with van der Waals surface area (Å²) in [7, 11) is 0. The molecule has 0 fully saturated rings. The van der Waals surface area contributed by atoms with Gasteiger partial charge >= 0.3 is 0 Å². The molecule has 2 atom stereocenters. The van der Waals surface area contributed by atoms with Crippen LogP contribution in [0.25, 0.3) is 0 Å². The van der Waals surface area contributed by atoms with Crippen molar-refractivity contribution in [3.8, 4) is 0 Å². The number of halogens is 1. The quantitative estimate of drug-likeness (QED) is 0.451. The van der Waals surface area contributed by atoms with Gasteiger partial charge in [0.2, 0.25) is 0 Å². The van der Waals surface area contributed by atoms with Crippen LogP contribution < -0.4 is 0 Å². The van der Waals surface area contributed by atoms with E-state index in [2.05, 4.69) is 39.8 Å². The molecule has 0 aliphatic carbocycles. The first-order chi connectivity index (χ1) is 4.91. The van der Waals surface area contributed by atoms with Gasteiger partial charge in [-0.05, 0) is 25.2 Å². The Labute approximate surface area is 75.6 Å². The van der Waals surface area contributed by atoms with Crippen LogP contribution in [0.15, 0.2) is 12.2 Å². The van der Waals surface area contributed by atoms with Gasteiger partial charge in [0.25, 0.3) is 0 Å². The van der Waals surface area contributed by atoms with Crippen molar-refractivity contribution in [2.75, 3.05) is 0 Å². The van der Waals surface area contributed by atoms with Crippen LogP contribution in [0.3, 0.4) is 0 Å². The minimum Gasteiger partial charge on any atom is -0.123 e. The van der Waals surface area contributed by atoms with Crippen molar-refractivity contribution in [3.63, 3.8) is 0 Å². The Hall–Kier alpha value is 0.0300. The highest BCUT2D eigenvalue weighted by atomic mass is 35.5. The fourth-order valence-electron chi connectivity index (χ4n) is 1.17. The lowest BCUT2D eigenvalue weighted by atomic mass is 9.78. The molecule has 1 heteroatoms. The zero-order valence-corrected chi connectivity index (χ0v) is 8.94. The van der Waals surface area contributed by atoms with E-state index in [0.29, 0.717) is 5.92 Å². The summed E-state index contributed by atoms with van der Waals surface area (Å²) in [4.78, 5) is 0. The lowest BCUT2D eigenvalue weighted by molar-refractivity contribution is 0.303. The lowest BCUT2D eigenvalue weighted by Gasteiger charge is -2.30. The molecule has 2 unspecified atom stereocenters. The molecule has 0 saturated heterocycles. The second kappa shape index (κ2) is 4.15. The minimum absolute atomic E-state index is 0.218. The Morgan fingerprint density at radius 3 is 2.00 bits per heavy atom. The maximum atomic E-state index is 6.01. The monoisotopic (exact) mass is 174 g/mol. The Morgan fingerprint density at radius 2 is 1.73 bits per heavy atom. The second-order valence-corrected chi connectivity index (χ2v) is 4.48. The maximum absolute atomic E-state index is 6.01. The number of rotatable bonds is 3. The first-order valence-electron chi connectivity index (χ1n) is 4.19. The maximum Gasteiger partial charge on any atom is 0.0341 e. The van der Waals surface area contributed by atoms with Crippen molar-refractivity contribution in [1.82, 2.24) is 0 Å². The van der Waals surface area contributed by atoms with Gasteiger partial charge in [0.1, 0.15) is 0 Å². The third-order valence-corrected chi connectivity index (χ3v) is 2.84. The summed E-state index contributed by atoms with van der Waals surface area (Å²) in [5, 5.41) is 0.237. The summed E-state index contributed by atoms with van der Waals surface area (Å²) < 4.78 is 0. The Morgan fingerprint density at radius 1 is 1.27 bits per heavy atom. The molecular weight excluding hydrogens is 156 g/mol. The van der Waals surface area contributed by atoms with E-state index in [0.717, 1.165) is 0 Å². The fraction of sp³-hybridized carbons (Fsp3) is 0.800. The molecule has 0 spiro atoms. The molecule has 0 N–H and O–H groups in total. The third kappa shape index (κ3) is 3.29. The molecule has 11 heavy (non-hydrogen) atoms. The molecular formula is C10H19Cl. The summed E-state index contributed by atoms with van der Waals surface area (Å²) in [5.41, 5.74) is 0.218. The summed E-state index contributed by atoms with van der Waals surface area (Å²) in [6, 6.07) is 0. The molecule has 66 valence electrons. The van der Waals surface area contributed by atoms with Gasteiger partial charge < -0.3 is 0 Å². The molecule has 0 aliphatic rings. The highest BCUT2D eigenvalue weighted by Gasteiger charge is 2.25. The molecule has 0 saturated carbocycles. The Kier molecular flexibility index (Phi) is 4.17. The van der Waals surface area contributed by atoms with Gasteiger partial charge in [-0.1, -0.05) is 32.9 Å². The van der Waals surface area contributed by atoms with Gasteiger partial charge in [-0.3, -0.25) is 0 Å². The van der Waals surface area contributed by atoms with Crippen molar-refractivity contribution in [3.05, 3.63) is 12.2 Å². The fourth-order valence-corrected chi connectivity index (χ4v) is 1.50. The van der Waals surface area contributed by atoms with Crippen molar-refractivity contribution < 1.29 is 0 Å². The summed E-state index contributed by atoms with van der Waals surface area (Å²) in [5.74, 6) is 0.514. The normalized spacial score (nSPS) is 18.7. The molecule has 0 aromatic heterocycles. The predicted molar refractivity (Wildman–Crippen MR) is 53.1 cm³/mol. The van der Waals surface area contributed by atoms with Gasteiger partial charge in [-0.2, -0.15) is 0 Å². The highest BCUT2D eigenvalue weighted by molar-refractivity contribution is 6.20. The molecule has 0 aliphatic heterocycles. The van der Waals surface area contributed by atoms with Gasteiger partial charge in [-0.25, -0.2) is 0 Å². The predicted octanol–water partition coefficient (Wildman–Crippen LogP) is 3.85. The van der Waals surface area contributed by atoms with Gasteiger partial charge in [-0.15, -0.1) is 11.6 Å². The van der Waals surface area contributed by atoms with Crippen LogP contribution in [-0.4, -0.2) is 5.38 Å². The van der Waals surface area contributed by atoms with E-state index < -0.39 is 0 Å². The van der Waals surface area contributed by atoms with Crippen LogP contribution in [0.2, 0.25) is 0 Å². The van der Waals surface area contributed by atoms with Crippen LogP contribution in [0.4, 0.5) is 0 Å². The Bertz CT molecular complexity index is 134. The standard InChI is InChI=1S/C10H19Cl/c1-6-7-10(4,5)8(2)9(3)11/h6-9H,1-5H3. The smallest absolute Gasteiger partial charge is 0.0341 e. The van der Waals surface area contributed by atoms with Crippen molar-refractivity contribution in [2.45, 2.75) is 40.0 Å². The van der Waals surface area contributed by atoms with E-state index in [1.54, 1.807) is 0 Å². The Balaban J connectivity index is 4.28. The molecule has 0 radical (unpaired) electrons. The van der Waals surface area contributed by atoms with Crippen molar-refractivity contribution in [1.29, 1.82) is 0 Å². The summed E-state index contributed by atoms with van der Waals surface area (Å²) in [6.45, 7) is 10.7. The van der Waals surface area contributed by atoms with Crippen molar-refractivity contribution in [2.24, 2.45) is 11.3 Å². The second-order valence-electron chi connectivity index (χ2n) is 3.79. The number of allylic oxidation sites excluding steroid dienone is 2. The lowest BCUT2D eigenvalue weighted by Crippen LogP contribution is -2.25. The van der Waals surface area contributed by atoms with E-state index in [9.17, 15) is 0 Å². The molecule has 0 amide bonds. The van der Waals surface area contributed by atoms with E-state index in [-0.39, 0.29) is 10.8 Å². The number of hydrogen-bond acceptors (Lipinski definition) is 0. The van der Waals surface area contributed by atoms with Gasteiger partial charge in [0, 0.05) is 5.38 Å². The zero-order valence-electron chi connectivity index (χ0n) is 8.19. The zero-order chi connectivity index (χ0) is 9.07. The van der Waals surface area contributed by atoms with E-state index in [1.165, 1.54) is 0 Å². The van der Waals surface area contributed by atoms with E-state index in [1.807, 2.05) is 6.92 Å². The highest BCUT2D eigenvalue weighted by Crippen LogP contribution is 2.32. The summed E-state index contributed by atoms with van der Waals surface area (Å²) >= 11 is 6.01. The molecule has 0 rings (SSSR count). The first-order valence-corrected chi connectivity index (χ1v) is 4.63. The van der Waals surface area contributed by atoms with Crippen LogP contribution >= 0.6 is 11.6 Å². The average molecular weight is 175 g/mol. The van der Waals surface area contributed by atoms with Crippen LogP contribution in [-0.2, 0) is 0 Å². The average Bonchev–Trinajstić information content (AvgIpc) is 1.86. The van der Waals surface area contributed by atoms with Crippen LogP contribution in [0.1, 0.15) is 34.6 Å². The van der Waals surface area contributed by atoms with Crippen LogP contribution in [0, 0.1) is 11.3 Å². The topological polar surface area (TPSA) is 0 Å². The third-order valence-electron chi connectivity index (χ3n) is 2.46. The van der Waals surface area contributed by atoms with Crippen LogP contribution in [0.5, 0.6) is 0 Å². The number of hydrogen-bond donors (Lipinski definition) is 0. The first kappa shape index (κ1) is 11.0. The van der Waals surface area contributed by atoms with Crippen molar-refractivity contribution >= 4 is 11.6 Å². The van der Waals surface area contributed by atoms with E-state index in [4.69, 9.17) is 11.6 Å². The summed E-state index contributed by atoms with van der Waals surface area (Å²) in [6.07, 6.45) is 4.31. The van der Waals surface area contributed by atoms with Gasteiger partial charge in [0.05, 0.1) is 0 Å². The van der Waals surface area contributed by atoms with Gasteiger partial charge in [0.15, 0.2) is 0 Å². The molecule has 0 heterocycles.